The highest BCUT2D eigenvalue weighted by atomic mass is 35.5. The predicted molar refractivity (Wildman–Crippen MR) is 152 cm³/mol. The molecule has 0 bridgehead atoms. The van der Waals surface area contributed by atoms with Crippen molar-refractivity contribution in [3.05, 3.63) is 93.2 Å². The second-order valence-electron chi connectivity index (χ2n) is 9.63. The van der Waals surface area contributed by atoms with Gasteiger partial charge in [-0.2, -0.15) is 0 Å². The quantitative estimate of drug-likeness (QED) is 0.301. The van der Waals surface area contributed by atoms with E-state index in [-0.39, 0.29) is 28.2 Å². The molecule has 3 unspecified atom stereocenters. The lowest BCUT2D eigenvalue weighted by molar-refractivity contribution is -0.137. The normalized spacial score (nSPS) is 17.7. The van der Waals surface area contributed by atoms with Gasteiger partial charge in [-0.05, 0) is 74.0 Å². The number of aliphatic carboxylic acids is 1. The van der Waals surface area contributed by atoms with Gasteiger partial charge in [-0.3, -0.25) is 14.4 Å². The maximum Gasteiger partial charge on any atom is 0.305 e. The molecule has 1 aliphatic rings. The zero-order chi connectivity index (χ0) is 29.0. The van der Waals surface area contributed by atoms with Gasteiger partial charge in [0.25, 0.3) is 11.8 Å². The first-order valence-corrected chi connectivity index (χ1v) is 13.3. The average molecular weight is 588 g/mol. The first-order valence-electron chi connectivity index (χ1n) is 12.6. The van der Waals surface area contributed by atoms with E-state index in [1.165, 1.54) is 42.5 Å². The van der Waals surface area contributed by atoms with Crippen LogP contribution in [0.15, 0.2) is 60.7 Å². The number of carboxylic acid groups (broad SMARTS) is 1. The number of nitrogens with one attached hydrogen (secondary N) is 2. The summed E-state index contributed by atoms with van der Waals surface area (Å²) in [5, 5.41) is 15.6. The monoisotopic (exact) mass is 587 g/mol. The van der Waals surface area contributed by atoms with Crippen LogP contribution in [0.5, 0.6) is 0 Å². The fourth-order valence-electron chi connectivity index (χ4n) is 4.67. The van der Waals surface area contributed by atoms with E-state index in [0.29, 0.717) is 35.2 Å². The number of benzene rings is 3. The molecule has 3 aromatic rings. The number of hydrogen-bond acceptors (Lipinski definition) is 5. The van der Waals surface area contributed by atoms with Gasteiger partial charge in [0.1, 0.15) is 5.82 Å². The number of ether oxygens (including phenoxy) is 1. The summed E-state index contributed by atoms with van der Waals surface area (Å²) in [5.41, 5.74) is 1.96. The topological polar surface area (TPSA) is 108 Å². The van der Waals surface area contributed by atoms with Crippen molar-refractivity contribution in [3.8, 4) is 0 Å². The van der Waals surface area contributed by atoms with Crippen molar-refractivity contribution in [1.29, 1.82) is 0 Å². The van der Waals surface area contributed by atoms with Gasteiger partial charge in [0.15, 0.2) is 0 Å². The van der Waals surface area contributed by atoms with E-state index in [0.717, 1.165) is 0 Å². The molecular weight excluding hydrogens is 560 g/mol. The van der Waals surface area contributed by atoms with Gasteiger partial charge in [-0.25, -0.2) is 4.39 Å². The summed E-state index contributed by atoms with van der Waals surface area (Å²) in [4.78, 5) is 40.1. The molecule has 1 aliphatic heterocycles. The fraction of sp³-hybridized carbons (Fsp3) is 0.276. The number of halogens is 3. The molecule has 3 N–H and O–H groups in total. The molecule has 0 aromatic heterocycles. The molecule has 1 fully saturated rings. The van der Waals surface area contributed by atoms with Crippen molar-refractivity contribution in [3.63, 3.8) is 0 Å². The molecule has 0 aliphatic carbocycles. The molecular formula is C29H28Cl2FN3O5. The summed E-state index contributed by atoms with van der Waals surface area (Å²) >= 11 is 12.1. The van der Waals surface area contributed by atoms with E-state index in [1.54, 1.807) is 18.2 Å². The third kappa shape index (κ3) is 6.91. The van der Waals surface area contributed by atoms with Crippen LogP contribution >= 0.6 is 23.2 Å². The smallest absolute Gasteiger partial charge is 0.305 e. The second kappa shape index (κ2) is 12.7. The Labute approximate surface area is 241 Å². The second-order valence-corrected chi connectivity index (χ2v) is 10.4. The predicted octanol–water partition coefficient (Wildman–Crippen LogP) is 5.94. The lowest BCUT2D eigenvalue weighted by atomic mass is 10.0. The Morgan fingerprint density at radius 3 is 2.23 bits per heavy atom. The summed E-state index contributed by atoms with van der Waals surface area (Å²) in [6.07, 6.45) is -0.390. The summed E-state index contributed by atoms with van der Waals surface area (Å²) < 4.78 is 19.1. The molecule has 210 valence electrons. The first-order chi connectivity index (χ1) is 19.0. The third-order valence-corrected chi connectivity index (χ3v) is 7.33. The number of hydrogen-bond donors (Lipinski definition) is 3. The molecule has 1 heterocycles. The molecule has 11 heteroatoms. The minimum atomic E-state index is -1.12. The zero-order valence-electron chi connectivity index (χ0n) is 21.8. The SMILES string of the molecule is CC1COCC(C)N1c1ccc(C(=O)NC(CC(=O)O)c2ccc(Cl)c(Cl)c2)cc1NC(=O)c1ccc(F)cc1. The molecule has 3 aromatic carbocycles. The van der Waals surface area contributed by atoms with Crippen molar-refractivity contribution in [2.45, 2.75) is 38.4 Å². The van der Waals surface area contributed by atoms with Gasteiger partial charge in [0.2, 0.25) is 0 Å². The largest absolute Gasteiger partial charge is 0.481 e. The molecule has 4 rings (SSSR count). The first kappa shape index (κ1) is 29.3. The van der Waals surface area contributed by atoms with Crippen molar-refractivity contribution in [2.24, 2.45) is 0 Å². The van der Waals surface area contributed by atoms with E-state index in [2.05, 4.69) is 15.5 Å². The minimum Gasteiger partial charge on any atom is -0.481 e. The van der Waals surface area contributed by atoms with Crippen LogP contribution in [0.3, 0.4) is 0 Å². The summed E-state index contributed by atoms with van der Waals surface area (Å²) in [6.45, 7) is 4.96. The number of rotatable bonds is 8. The van der Waals surface area contributed by atoms with Crippen LogP contribution in [0.1, 0.15) is 52.6 Å². The Hall–Kier alpha value is -3.66. The van der Waals surface area contributed by atoms with Gasteiger partial charge in [-0.1, -0.05) is 29.3 Å². The molecule has 2 amide bonds. The van der Waals surface area contributed by atoms with Crippen LogP contribution in [0.2, 0.25) is 10.0 Å². The zero-order valence-corrected chi connectivity index (χ0v) is 23.3. The Balaban J connectivity index is 1.68. The number of morpholine rings is 1. The Bertz CT molecular complexity index is 1410. The van der Waals surface area contributed by atoms with Gasteiger partial charge >= 0.3 is 5.97 Å². The van der Waals surface area contributed by atoms with Crippen molar-refractivity contribution in [2.75, 3.05) is 23.4 Å². The lowest BCUT2D eigenvalue weighted by Gasteiger charge is -2.41. The Kier molecular flexibility index (Phi) is 9.29. The Morgan fingerprint density at radius 1 is 0.950 bits per heavy atom. The van der Waals surface area contributed by atoms with Crippen molar-refractivity contribution in [1.82, 2.24) is 5.32 Å². The van der Waals surface area contributed by atoms with Crippen LogP contribution < -0.4 is 15.5 Å². The van der Waals surface area contributed by atoms with Crippen LogP contribution in [0.25, 0.3) is 0 Å². The van der Waals surface area contributed by atoms with Gasteiger partial charge in [0, 0.05) is 23.2 Å². The molecule has 3 atom stereocenters. The third-order valence-electron chi connectivity index (χ3n) is 6.59. The lowest BCUT2D eigenvalue weighted by Crippen LogP contribution is -2.50. The molecule has 0 spiro atoms. The Morgan fingerprint density at radius 2 is 1.60 bits per heavy atom. The maximum absolute atomic E-state index is 13.4. The number of anilines is 2. The van der Waals surface area contributed by atoms with Gasteiger partial charge < -0.3 is 25.4 Å². The molecule has 40 heavy (non-hydrogen) atoms. The molecule has 8 nitrogen and oxygen atoms in total. The number of carbonyl (C=O) groups is 3. The number of carboxylic acids is 1. The van der Waals surface area contributed by atoms with Gasteiger partial charge in [0.05, 0.1) is 47.1 Å². The standard InChI is InChI=1S/C29H28Cl2FN3O5/c1-16-14-40-15-17(2)35(16)26-10-6-20(12-25(26)34-28(38)18-3-7-21(32)8-4-18)29(39)33-24(13-27(36)37)19-5-9-22(30)23(31)11-19/h3-12,16-17,24H,13-15H2,1-2H3,(H,33,39)(H,34,38)(H,36,37). The molecule has 0 radical (unpaired) electrons. The summed E-state index contributed by atoms with van der Waals surface area (Å²) in [5.74, 6) is -2.62. The number of carbonyl (C=O) groups excluding carboxylic acids is 2. The minimum absolute atomic E-state index is 0.0144. The summed E-state index contributed by atoms with van der Waals surface area (Å²) in [6, 6.07) is 13.7. The van der Waals surface area contributed by atoms with Crippen molar-refractivity contribution < 1.29 is 28.6 Å². The summed E-state index contributed by atoms with van der Waals surface area (Å²) in [7, 11) is 0. The molecule has 0 saturated carbocycles. The van der Waals surface area contributed by atoms with Crippen LogP contribution in [-0.4, -0.2) is 48.2 Å². The van der Waals surface area contributed by atoms with Crippen molar-refractivity contribution >= 4 is 52.4 Å². The number of amides is 2. The molecule has 1 saturated heterocycles. The van der Waals surface area contributed by atoms with Crippen LogP contribution in [0.4, 0.5) is 15.8 Å². The average Bonchev–Trinajstić information content (AvgIpc) is 2.90. The van der Waals surface area contributed by atoms with Crippen LogP contribution in [0, 0.1) is 5.82 Å². The van der Waals surface area contributed by atoms with E-state index < -0.39 is 36.1 Å². The van der Waals surface area contributed by atoms with E-state index in [4.69, 9.17) is 27.9 Å². The van der Waals surface area contributed by atoms with E-state index >= 15 is 0 Å². The highest BCUT2D eigenvalue weighted by molar-refractivity contribution is 6.42. The fourth-order valence-corrected chi connectivity index (χ4v) is 4.98. The maximum atomic E-state index is 13.4. The highest BCUT2D eigenvalue weighted by Crippen LogP contribution is 2.33. The highest BCUT2D eigenvalue weighted by Gasteiger charge is 2.29. The van der Waals surface area contributed by atoms with Crippen LogP contribution in [-0.2, 0) is 9.53 Å². The van der Waals surface area contributed by atoms with E-state index in [1.807, 2.05) is 13.8 Å². The number of nitrogens with zero attached hydrogens (tertiary/aromatic N) is 1. The van der Waals surface area contributed by atoms with E-state index in [9.17, 15) is 23.9 Å². The van der Waals surface area contributed by atoms with Gasteiger partial charge in [-0.15, -0.1) is 0 Å².